The van der Waals surface area contributed by atoms with Crippen LogP contribution in [0, 0.1) is 11.8 Å². The number of nitrogens with zero attached hydrogens (tertiary/aromatic N) is 2. The van der Waals surface area contributed by atoms with Crippen LogP contribution >= 0.6 is 0 Å². The fourth-order valence-electron chi connectivity index (χ4n) is 4.82. The molecule has 0 saturated carbocycles. The summed E-state index contributed by atoms with van der Waals surface area (Å²) in [5, 5.41) is 2.85. The molecule has 39 heavy (non-hydrogen) atoms. The number of rotatable bonds is 12. The summed E-state index contributed by atoms with van der Waals surface area (Å²) in [7, 11) is 0. The van der Waals surface area contributed by atoms with Gasteiger partial charge in [-0.15, -0.1) is 0 Å². The molecule has 0 bridgehead atoms. The van der Waals surface area contributed by atoms with E-state index in [1.54, 1.807) is 26.4 Å². The normalized spacial score (nSPS) is 17.3. The predicted molar refractivity (Wildman–Crippen MR) is 147 cm³/mol. The van der Waals surface area contributed by atoms with E-state index in [0.29, 0.717) is 12.4 Å². The van der Waals surface area contributed by atoms with E-state index in [9.17, 15) is 14.4 Å². The molecule has 1 heterocycles. The Morgan fingerprint density at radius 1 is 1.13 bits per heavy atom. The lowest BCUT2D eigenvalue weighted by molar-refractivity contribution is -0.142. The summed E-state index contributed by atoms with van der Waals surface area (Å²) < 4.78 is 13.1. The number of carbonyl (C=O) groups is 3. The van der Waals surface area contributed by atoms with Crippen LogP contribution in [0.5, 0.6) is 0 Å². The number of imidazole rings is 1. The molecule has 4 rings (SSSR count). The van der Waals surface area contributed by atoms with Gasteiger partial charge < -0.3 is 25.1 Å². The summed E-state index contributed by atoms with van der Waals surface area (Å²) in [5.41, 5.74) is 8.23. The van der Waals surface area contributed by atoms with Crippen molar-refractivity contribution >= 4 is 23.5 Å². The SMILES string of the molecule is CC(=O)OC[C@@H]1Cc2ccccc2C1n1cnc(NC(=O)C(COCc2ccccc2)CC(=O)C(C)(C)N)c1. The van der Waals surface area contributed by atoms with E-state index in [4.69, 9.17) is 15.2 Å². The molecule has 9 nitrogen and oxygen atoms in total. The van der Waals surface area contributed by atoms with Crippen LogP contribution in [-0.2, 0) is 36.9 Å². The van der Waals surface area contributed by atoms with Crippen LogP contribution in [0.1, 0.15) is 49.9 Å². The number of aromatic nitrogens is 2. The number of fused-ring (bicyclic) bond motifs is 1. The standard InChI is InChI=1S/C30H36N4O5/c1-20(35)39-18-23-13-22-11-7-8-12-25(22)28(23)34-15-27(32-19-34)33-29(37)24(14-26(36)30(2,3)31)17-38-16-21-9-5-4-6-10-21/h4-12,15,19,23-24,28H,13-14,16-18,31H2,1-3H3,(H,33,37)/t23-,24?,28?/m0/s1. The third kappa shape index (κ3) is 7.40. The van der Waals surface area contributed by atoms with Crippen molar-refractivity contribution < 1.29 is 23.9 Å². The van der Waals surface area contributed by atoms with E-state index >= 15 is 0 Å². The molecule has 0 saturated heterocycles. The number of Topliss-reactive ketones (excluding diaryl/α,β-unsaturated/α-hetero) is 1. The third-order valence-corrected chi connectivity index (χ3v) is 6.93. The zero-order chi connectivity index (χ0) is 28.0. The van der Waals surface area contributed by atoms with Crippen molar-refractivity contribution in [1.29, 1.82) is 0 Å². The van der Waals surface area contributed by atoms with Crippen molar-refractivity contribution in [3.63, 3.8) is 0 Å². The highest BCUT2D eigenvalue weighted by Gasteiger charge is 2.35. The van der Waals surface area contributed by atoms with Crippen molar-refractivity contribution in [3.8, 4) is 0 Å². The second kappa shape index (κ2) is 12.4. The molecule has 9 heteroatoms. The molecule has 3 atom stereocenters. The largest absolute Gasteiger partial charge is 0.465 e. The van der Waals surface area contributed by atoms with E-state index in [1.807, 2.05) is 47.0 Å². The van der Waals surface area contributed by atoms with Gasteiger partial charge in [-0.1, -0.05) is 54.6 Å². The van der Waals surface area contributed by atoms with Crippen molar-refractivity contribution in [2.24, 2.45) is 17.6 Å². The number of esters is 1. The molecule has 0 aliphatic heterocycles. The Morgan fingerprint density at radius 2 is 1.85 bits per heavy atom. The molecule has 3 N–H and O–H groups in total. The van der Waals surface area contributed by atoms with Gasteiger partial charge in [0.2, 0.25) is 5.91 Å². The minimum absolute atomic E-state index is 0.0348. The van der Waals surface area contributed by atoms with Gasteiger partial charge in [-0.2, -0.15) is 0 Å². The van der Waals surface area contributed by atoms with Gasteiger partial charge in [0.25, 0.3) is 0 Å². The Morgan fingerprint density at radius 3 is 2.56 bits per heavy atom. The lowest BCUT2D eigenvalue weighted by Crippen LogP contribution is -2.44. The Balaban J connectivity index is 1.47. The molecular formula is C30H36N4O5. The van der Waals surface area contributed by atoms with Crippen molar-refractivity contribution in [2.45, 2.75) is 51.8 Å². The first kappa shape index (κ1) is 28.2. The van der Waals surface area contributed by atoms with Crippen molar-refractivity contribution in [3.05, 3.63) is 83.8 Å². The Hall–Kier alpha value is -3.82. The minimum Gasteiger partial charge on any atom is -0.465 e. The second-order valence-electron chi connectivity index (χ2n) is 10.7. The van der Waals surface area contributed by atoms with Crippen LogP contribution in [0.4, 0.5) is 5.82 Å². The van der Waals surface area contributed by atoms with Crippen LogP contribution in [-0.4, -0.2) is 46.0 Å². The zero-order valence-corrected chi connectivity index (χ0v) is 22.6. The number of nitrogens with one attached hydrogen (secondary N) is 1. The molecule has 0 radical (unpaired) electrons. The quantitative estimate of drug-likeness (QED) is 0.341. The van der Waals surface area contributed by atoms with E-state index in [0.717, 1.165) is 17.5 Å². The van der Waals surface area contributed by atoms with Crippen LogP contribution in [0.3, 0.4) is 0 Å². The highest BCUT2D eigenvalue weighted by atomic mass is 16.5. The minimum atomic E-state index is -1.06. The maximum atomic E-state index is 13.3. The molecule has 2 unspecified atom stereocenters. The number of anilines is 1. The average Bonchev–Trinajstić information content (AvgIpc) is 3.50. The molecule has 0 fully saturated rings. The zero-order valence-electron chi connectivity index (χ0n) is 22.6. The predicted octanol–water partition coefficient (Wildman–Crippen LogP) is 3.68. The van der Waals surface area contributed by atoms with Gasteiger partial charge in [0.1, 0.15) is 0 Å². The summed E-state index contributed by atoms with van der Waals surface area (Å²) in [6.07, 6.45) is 4.15. The summed E-state index contributed by atoms with van der Waals surface area (Å²) >= 11 is 0. The van der Waals surface area contributed by atoms with Gasteiger partial charge in [-0.3, -0.25) is 14.4 Å². The average molecular weight is 533 g/mol. The number of amides is 1. The number of hydrogen-bond acceptors (Lipinski definition) is 7. The molecular weight excluding hydrogens is 496 g/mol. The van der Waals surface area contributed by atoms with E-state index in [1.165, 1.54) is 12.5 Å². The van der Waals surface area contributed by atoms with Gasteiger partial charge in [-0.05, 0) is 37.0 Å². The number of hydrogen-bond donors (Lipinski definition) is 2. The maximum Gasteiger partial charge on any atom is 0.302 e. The molecule has 3 aromatic rings. The number of benzene rings is 2. The van der Waals surface area contributed by atoms with E-state index in [2.05, 4.69) is 22.4 Å². The van der Waals surface area contributed by atoms with Crippen LogP contribution in [0.15, 0.2) is 67.1 Å². The molecule has 1 aliphatic rings. The van der Waals surface area contributed by atoms with Crippen molar-refractivity contribution in [2.75, 3.05) is 18.5 Å². The number of ether oxygens (including phenoxy) is 2. The summed E-state index contributed by atoms with van der Waals surface area (Å²) in [6.45, 7) is 5.32. The number of carbonyl (C=O) groups excluding carboxylic acids is 3. The molecule has 1 amide bonds. The summed E-state index contributed by atoms with van der Waals surface area (Å²) in [6, 6.07) is 17.6. The first-order chi connectivity index (χ1) is 18.6. The molecule has 0 spiro atoms. The van der Waals surface area contributed by atoms with Crippen LogP contribution in [0.2, 0.25) is 0 Å². The lowest BCUT2D eigenvalue weighted by Gasteiger charge is -2.22. The van der Waals surface area contributed by atoms with E-state index < -0.39 is 11.5 Å². The molecule has 1 aromatic heterocycles. The van der Waals surface area contributed by atoms with Gasteiger partial charge >= 0.3 is 5.97 Å². The Bertz CT molecular complexity index is 1300. The second-order valence-corrected chi connectivity index (χ2v) is 10.7. The maximum absolute atomic E-state index is 13.3. The molecule has 1 aliphatic carbocycles. The number of nitrogens with two attached hydrogens (primary N) is 1. The van der Waals surface area contributed by atoms with Crippen LogP contribution < -0.4 is 11.1 Å². The van der Waals surface area contributed by atoms with Crippen LogP contribution in [0.25, 0.3) is 0 Å². The molecule has 206 valence electrons. The first-order valence-electron chi connectivity index (χ1n) is 13.1. The fraction of sp³-hybridized carbons (Fsp3) is 0.400. The third-order valence-electron chi connectivity index (χ3n) is 6.93. The van der Waals surface area contributed by atoms with Gasteiger partial charge in [-0.25, -0.2) is 4.98 Å². The lowest BCUT2D eigenvalue weighted by atomic mass is 9.91. The monoisotopic (exact) mass is 532 g/mol. The highest BCUT2D eigenvalue weighted by Crippen LogP contribution is 2.39. The fourth-order valence-corrected chi connectivity index (χ4v) is 4.82. The summed E-state index contributed by atoms with van der Waals surface area (Å²) in [5.74, 6) is -1.26. The Labute approximate surface area is 228 Å². The highest BCUT2D eigenvalue weighted by molar-refractivity contribution is 5.96. The summed E-state index contributed by atoms with van der Waals surface area (Å²) in [4.78, 5) is 41.9. The smallest absolute Gasteiger partial charge is 0.302 e. The van der Waals surface area contributed by atoms with Gasteiger partial charge in [0, 0.05) is 25.5 Å². The van der Waals surface area contributed by atoms with Gasteiger partial charge in [0.15, 0.2) is 11.6 Å². The number of ketones is 1. The Kier molecular flexibility index (Phi) is 8.93. The van der Waals surface area contributed by atoms with Crippen molar-refractivity contribution in [1.82, 2.24) is 9.55 Å². The van der Waals surface area contributed by atoms with E-state index in [-0.39, 0.29) is 49.3 Å². The topological polar surface area (TPSA) is 126 Å². The van der Waals surface area contributed by atoms with Gasteiger partial charge in [0.05, 0.1) is 43.6 Å². The first-order valence-corrected chi connectivity index (χ1v) is 13.1. The molecule has 2 aromatic carbocycles.